The van der Waals surface area contributed by atoms with Crippen molar-refractivity contribution in [3.63, 3.8) is 0 Å². The minimum Gasteiger partial charge on any atom is -0.385 e. The molecule has 108 valence electrons. The Hall–Kier alpha value is -2.02. The molecule has 0 atom stereocenters. The van der Waals surface area contributed by atoms with E-state index < -0.39 is 17.5 Å². The summed E-state index contributed by atoms with van der Waals surface area (Å²) < 4.78 is 46.2. The van der Waals surface area contributed by atoms with Crippen molar-refractivity contribution in [2.24, 2.45) is 0 Å². The zero-order valence-electron chi connectivity index (χ0n) is 10.9. The Bertz CT molecular complexity index is 586. The van der Waals surface area contributed by atoms with Crippen LogP contribution in [0.2, 0.25) is 0 Å². The van der Waals surface area contributed by atoms with Gasteiger partial charge < -0.3 is 14.6 Å². The van der Waals surface area contributed by atoms with Crippen LogP contribution in [0.4, 0.5) is 24.8 Å². The lowest BCUT2D eigenvalue weighted by atomic mass is 10.3. The van der Waals surface area contributed by atoms with Crippen molar-refractivity contribution in [2.45, 2.75) is 13.0 Å². The third-order valence-corrected chi connectivity index (χ3v) is 2.74. The highest BCUT2D eigenvalue weighted by Crippen LogP contribution is 2.22. The van der Waals surface area contributed by atoms with E-state index in [1.54, 1.807) is 17.9 Å². The number of anilines is 2. The highest BCUT2D eigenvalue weighted by molar-refractivity contribution is 5.54. The summed E-state index contributed by atoms with van der Waals surface area (Å²) in [7, 11) is 1.60. The number of aromatic nitrogens is 2. The first-order valence-corrected chi connectivity index (χ1v) is 6.04. The van der Waals surface area contributed by atoms with Gasteiger partial charge in [0, 0.05) is 32.7 Å². The summed E-state index contributed by atoms with van der Waals surface area (Å²) in [6, 6.07) is 1.99. The van der Waals surface area contributed by atoms with Crippen LogP contribution >= 0.6 is 0 Å². The van der Waals surface area contributed by atoms with Crippen molar-refractivity contribution in [3.05, 3.63) is 42.0 Å². The number of aryl methyl sites for hydroxylation is 1. The Morgan fingerprint density at radius 2 is 2.05 bits per heavy atom. The Labute approximate surface area is 114 Å². The zero-order chi connectivity index (χ0) is 14.5. The fraction of sp³-hybridized carbons (Fsp3) is 0.308. The third kappa shape index (κ3) is 3.11. The van der Waals surface area contributed by atoms with Gasteiger partial charge in [0.25, 0.3) is 0 Å². The Morgan fingerprint density at radius 3 is 2.80 bits per heavy atom. The highest BCUT2D eigenvalue weighted by Gasteiger charge is 2.14. The number of imidazole rings is 1. The average molecular weight is 285 g/mol. The second-order valence-corrected chi connectivity index (χ2v) is 4.14. The SMILES string of the molecule is COCCCn1ccnc1Nc1ccc(F)c(F)c1F. The number of benzene rings is 1. The van der Waals surface area contributed by atoms with Crippen LogP contribution in [0.25, 0.3) is 0 Å². The Kier molecular flexibility index (Phi) is 4.62. The predicted octanol–water partition coefficient (Wildman–Crippen LogP) is 3.08. The summed E-state index contributed by atoms with van der Waals surface area (Å²) >= 11 is 0. The van der Waals surface area contributed by atoms with Gasteiger partial charge >= 0.3 is 0 Å². The molecule has 0 fully saturated rings. The molecule has 0 saturated carbocycles. The van der Waals surface area contributed by atoms with Gasteiger partial charge in [-0.25, -0.2) is 18.2 Å². The van der Waals surface area contributed by atoms with E-state index in [1.807, 2.05) is 0 Å². The molecular formula is C13H14F3N3O. The number of hydrogen-bond donors (Lipinski definition) is 1. The lowest BCUT2D eigenvalue weighted by molar-refractivity contribution is 0.190. The molecule has 0 spiro atoms. The van der Waals surface area contributed by atoms with E-state index in [2.05, 4.69) is 10.3 Å². The minimum absolute atomic E-state index is 0.164. The van der Waals surface area contributed by atoms with Crippen molar-refractivity contribution in [3.8, 4) is 0 Å². The molecule has 2 aromatic rings. The highest BCUT2D eigenvalue weighted by atomic mass is 19.2. The van der Waals surface area contributed by atoms with Gasteiger partial charge in [-0.1, -0.05) is 0 Å². The predicted molar refractivity (Wildman–Crippen MR) is 68.3 cm³/mol. The van der Waals surface area contributed by atoms with Crippen LogP contribution in [0, 0.1) is 17.5 Å². The summed E-state index contributed by atoms with van der Waals surface area (Å²) in [5, 5.41) is 2.65. The maximum Gasteiger partial charge on any atom is 0.207 e. The van der Waals surface area contributed by atoms with Crippen molar-refractivity contribution in [2.75, 3.05) is 19.0 Å². The fourth-order valence-electron chi connectivity index (χ4n) is 1.74. The maximum absolute atomic E-state index is 13.6. The number of nitrogens with zero attached hydrogens (tertiary/aromatic N) is 2. The molecule has 1 aromatic carbocycles. The monoisotopic (exact) mass is 285 g/mol. The molecule has 7 heteroatoms. The molecule has 0 amide bonds. The average Bonchev–Trinajstić information content (AvgIpc) is 2.87. The van der Waals surface area contributed by atoms with Gasteiger partial charge in [-0.05, 0) is 18.6 Å². The third-order valence-electron chi connectivity index (χ3n) is 2.74. The van der Waals surface area contributed by atoms with E-state index in [-0.39, 0.29) is 5.69 Å². The van der Waals surface area contributed by atoms with E-state index in [0.717, 1.165) is 18.6 Å². The van der Waals surface area contributed by atoms with Gasteiger partial charge in [-0.15, -0.1) is 0 Å². The number of halogens is 3. The number of rotatable bonds is 6. The Morgan fingerprint density at radius 1 is 1.25 bits per heavy atom. The number of nitrogens with one attached hydrogen (secondary N) is 1. The van der Waals surface area contributed by atoms with Crippen LogP contribution < -0.4 is 5.32 Å². The van der Waals surface area contributed by atoms with Gasteiger partial charge in [-0.3, -0.25) is 0 Å². The lowest BCUT2D eigenvalue weighted by Gasteiger charge is -2.10. The summed E-state index contributed by atoms with van der Waals surface area (Å²) in [6.07, 6.45) is 3.99. The standard InChI is InChI=1S/C13H14F3N3O/c1-20-8-2-6-19-7-5-17-13(19)18-10-4-3-9(14)11(15)12(10)16/h3-5,7H,2,6,8H2,1H3,(H,17,18). The van der Waals surface area contributed by atoms with Crippen molar-refractivity contribution in [1.29, 1.82) is 0 Å². The zero-order valence-corrected chi connectivity index (χ0v) is 10.9. The molecule has 1 N–H and O–H groups in total. The first-order valence-electron chi connectivity index (χ1n) is 6.04. The molecule has 2 rings (SSSR count). The van der Waals surface area contributed by atoms with Gasteiger partial charge in [0.15, 0.2) is 17.5 Å². The normalized spacial score (nSPS) is 10.8. The van der Waals surface area contributed by atoms with Crippen molar-refractivity contribution < 1.29 is 17.9 Å². The molecule has 0 radical (unpaired) electrons. The maximum atomic E-state index is 13.6. The minimum atomic E-state index is -1.51. The second kappa shape index (κ2) is 6.42. The van der Waals surface area contributed by atoms with Crippen LogP contribution in [-0.4, -0.2) is 23.3 Å². The molecule has 0 unspecified atom stereocenters. The Balaban J connectivity index is 2.14. The number of hydrogen-bond acceptors (Lipinski definition) is 3. The van der Waals surface area contributed by atoms with Crippen LogP contribution in [0.5, 0.6) is 0 Å². The second-order valence-electron chi connectivity index (χ2n) is 4.14. The molecule has 0 aliphatic carbocycles. The van der Waals surface area contributed by atoms with Crippen LogP contribution in [-0.2, 0) is 11.3 Å². The molecule has 1 heterocycles. The topological polar surface area (TPSA) is 39.1 Å². The number of ether oxygens (including phenoxy) is 1. The molecule has 4 nitrogen and oxygen atoms in total. The quantitative estimate of drug-likeness (QED) is 0.655. The summed E-state index contributed by atoms with van der Waals surface area (Å²) in [6.45, 7) is 1.19. The number of methoxy groups -OCH3 is 1. The molecule has 0 aliphatic heterocycles. The van der Waals surface area contributed by atoms with Gasteiger partial charge in [0.1, 0.15) is 0 Å². The summed E-state index contributed by atoms with van der Waals surface area (Å²) in [5.74, 6) is -3.65. The fourth-order valence-corrected chi connectivity index (χ4v) is 1.74. The van der Waals surface area contributed by atoms with E-state index in [0.29, 0.717) is 19.1 Å². The summed E-state index contributed by atoms with van der Waals surface area (Å²) in [4.78, 5) is 4.01. The van der Waals surface area contributed by atoms with Gasteiger partial charge in [0.05, 0.1) is 5.69 Å². The molecule has 0 saturated heterocycles. The lowest BCUT2D eigenvalue weighted by Crippen LogP contribution is -2.07. The van der Waals surface area contributed by atoms with E-state index in [4.69, 9.17) is 4.74 Å². The van der Waals surface area contributed by atoms with Crippen LogP contribution in [0.1, 0.15) is 6.42 Å². The van der Waals surface area contributed by atoms with Crippen LogP contribution in [0.3, 0.4) is 0 Å². The van der Waals surface area contributed by atoms with Gasteiger partial charge in [-0.2, -0.15) is 0 Å². The van der Waals surface area contributed by atoms with E-state index in [1.165, 1.54) is 6.20 Å². The molecule has 0 aliphatic rings. The molecule has 20 heavy (non-hydrogen) atoms. The van der Waals surface area contributed by atoms with E-state index in [9.17, 15) is 13.2 Å². The van der Waals surface area contributed by atoms with Gasteiger partial charge in [0.2, 0.25) is 5.95 Å². The van der Waals surface area contributed by atoms with Crippen molar-refractivity contribution in [1.82, 2.24) is 9.55 Å². The van der Waals surface area contributed by atoms with Crippen LogP contribution in [0.15, 0.2) is 24.5 Å². The summed E-state index contributed by atoms with van der Waals surface area (Å²) in [5.41, 5.74) is -0.164. The first-order chi connectivity index (χ1) is 9.63. The first kappa shape index (κ1) is 14.4. The molecule has 0 bridgehead atoms. The molecular weight excluding hydrogens is 271 g/mol. The largest absolute Gasteiger partial charge is 0.385 e. The van der Waals surface area contributed by atoms with Crippen molar-refractivity contribution >= 4 is 11.6 Å². The van der Waals surface area contributed by atoms with E-state index >= 15 is 0 Å². The smallest absolute Gasteiger partial charge is 0.207 e. The molecule has 1 aromatic heterocycles.